The van der Waals surface area contributed by atoms with E-state index in [0.29, 0.717) is 5.88 Å². The molecule has 1 saturated heterocycles. The van der Waals surface area contributed by atoms with Gasteiger partial charge in [0, 0.05) is 37.9 Å². The van der Waals surface area contributed by atoms with Gasteiger partial charge in [0.25, 0.3) is 0 Å². The smallest absolute Gasteiger partial charge is 0.214 e. The van der Waals surface area contributed by atoms with E-state index in [9.17, 15) is 8.42 Å². The van der Waals surface area contributed by atoms with Gasteiger partial charge >= 0.3 is 0 Å². The third kappa shape index (κ3) is 3.72. The highest BCUT2D eigenvalue weighted by Gasteiger charge is 2.38. The van der Waals surface area contributed by atoms with E-state index in [-0.39, 0.29) is 11.3 Å². The number of ether oxygens (including phenoxy) is 1. The fourth-order valence-electron chi connectivity index (χ4n) is 2.66. The Bertz CT molecular complexity index is 584. The highest BCUT2D eigenvalue weighted by atomic mass is 32.2. The topological polar surface area (TPSA) is 71.5 Å². The average Bonchev–Trinajstić information content (AvgIpc) is 3.24. The number of nitrogens with zero attached hydrogens (tertiary/aromatic N) is 2. The summed E-state index contributed by atoms with van der Waals surface area (Å²) in [5.41, 5.74) is 1.11. The molecule has 116 valence electrons. The first kappa shape index (κ1) is 14.7. The molecule has 1 aromatic heterocycles. The lowest BCUT2D eigenvalue weighted by molar-refractivity contribution is 0.323. The Kier molecular flexibility index (Phi) is 4.14. The first-order valence-corrected chi connectivity index (χ1v) is 8.84. The van der Waals surface area contributed by atoms with Crippen molar-refractivity contribution >= 4 is 10.0 Å². The molecule has 1 N–H and O–H groups in total. The Labute approximate surface area is 125 Å². The average molecular weight is 311 g/mol. The summed E-state index contributed by atoms with van der Waals surface area (Å²) in [6.07, 6.45) is 4.29. The van der Waals surface area contributed by atoms with Crippen molar-refractivity contribution in [3.05, 3.63) is 23.9 Å². The minimum atomic E-state index is -3.08. The lowest BCUT2D eigenvalue weighted by Crippen LogP contribution is -2.38. The van der Waals surface area contributed by atoms with Gasteiger partial charge in [-0.25, -0.2) is 18.1 Å². The van der Waals surface area contributed by atoms with Crippen LogP contribution in [-0.4, -0.2) is 49.8 Å². The molecule has 0 amide bonds. The summed E-state index contributed by atoms with van der Waals surface area (Å²) in [4.78, 5) is 6.44. The molecule has 1 aromatic rings. The number of aromatic nitrogens is 1. The Morgan fingerprint density at radius 1 is 1.38 bits per heavy atom. The second-order valence-corrected chi connectivity index (χ2v) is 7.78. The van der Waals surface area contributed by atoms with Gasteiger partial charge in [-0.2, -0.15) is 0 Å². The fraction of sp³-hybridized carbons (Fsp3) is 0.643. The highest BCUT2D eigenvalue weighted by Crippen LogP contribution is 2.28. The van der Waals surface area contributed by atoms with Crippen LogP contribution in [0.3, 0.4) is 0 Å². The van der Waals surface area contributed by atoms with E-state index >= 15 is 0 Å². The molecule has 2 aliphatic rings. The number of likely N-dealkylation sites (tertiary alicyclic amines) is 1. The molecular weight excluding hydrogens is 290 g/mol. The number of methoxy groups -OCH3 is 1. The van der Waals surface area contributed by atoms with Crippen LogP contribution in [0.2, 0.25) is 0 Å². The third-order valence-corrected chi connectivity index (χ3v) is 5.99. The molecule has 3 rings (SSSR count). The molecule has 6 nitrogen and oxygen atoms in total. The molecule has 2 fully saturated rings. The summed E-state index contributed by atoms with van der Waals surface area (Å²) >= 11 is 0. The molecule has 21 heavy (non-hydrogen) atoms. The SMILES string of the molecule is COc1ccc(CN2CC[C@H](NS(=O)(=O)C3CC3)C2)cn1. The van der Waals surface area contributed by atoms with E-state index in [1.165, 1.54) is 0 Å². The van der Waals surface area contributed by atoms with Crippen molar-refractivity contribution in [2.24, 2.45) is 0 Å². The lowest BCUT2D eigenvalue weighted by Gasteiger charge is -2.16. The zero-order valence-electron chi connectivity index (χ0n) is 12.2. The Hall–Kier alpha value is -1.18. The van der Waals surface area contributed by atoms with Crippen LogP contribution in [-0.2, 0) is 16.6 Å². The van der Waals surface area contributed by atoms with E-state index < -0.39 is 10.0 Å². The van der Waals surface area contributed by atoms with Crippen LogP contribution in [0.25, 0.3) is 0 Å². The van der Waals surface area contributed by atoms with Gasteiger partial charge in [-0.15, -0.1) is 0 Å². The molecule has 1 atom stereocenters. The van der Waals surface area contributed by atoms with Gasteiger partial charge in [-0.1, -0.05) is 6.07 Å². The van der Waals surface area contributed by atoms with E-state index in [1.54, 1.807) is 13.3 Å². The first-order valence-electron chi connectivity index (χ1n) is 7.29. The fourth-order valence-corrected chi connectivity index (χ4v) is 4.27. The standard InChI is InChI=1S/C14H21N3O3S/c1-20-14-5-2-11(8-15-14)9-17-7-6-12(10-17)16-21(18,19)13-3-4-13/h2,5,8,12-13,16H,3-4,6-7,9-10H2,1H3/t12-/m0/s1. The largest absolute Gasteiger partial charge is 0.481 e. The zero-order valence-corrected chi connectivity index (χ0v) is 13.0. The molecule has 0 aromatic carbocycles. The normalized spacial score (nSPS) is 23.4. The molecule has 2 heterocycles. The zero-order chi connectivity index (χ0) is 14.9. The van der Waals surface area contributed by atoms with Gasteiger partial charge < -0.3 is 4.74 Å². The van der Waals surface area contributed by atoms with Crippen LogP contribution in [0.5, 0.6) is 5.88 Å². The summed E-state index contributed by atoms with van der Waals surface area (Å²) < 4.78 is 31.7. The van der Waals surface area contributed by atoms with Gasteiger partial charge in [-0.3, -0.25) is 4.90 Å². The predicted octanol–water partition coefficient (Wildman–Crippen LogP) is 0.746. The molecule has 1 aliphatic carbocycles. The van der Waals surface area contributed by atoms with E-state index in [4.69, 9.17) is 4.74 Å². The monoisotopic (exact) mass is 311 g/mol. The number of hydrogen-bond acceptors (Lipinski definition) is 5. The molecule has 1 saturated carbocycles. The number of hydrogen-bond donors (Lipinski definition) is 1. The Balaban J connectivity index is 1.52. The number of sulfonamides is 1. The second-order valence-electron chi connectivity index (χ2n) is 5.79. The van der Waals surface area contributed by atoms with Crippen molar-refractivity contribution in [2.75, 3.05) is 20.2 Å². The van der Waals surface area contributed by atoms with Gasteiger partial charge in [0.1, 0.15) is 0 Å². The second kappa shape index (κ2) is 5.90. The van der Waals surface area contributed by atoms with Crippen LogP contribution in [0.1, 0.15) is 24.8 Å². The van der Waals surface area contributed by atoms with Crippen molar-refractivity contribution in [1.29, 1.82) is 0 Å². The molecule has 0 spiro atoms. The first-order chi connectivity index (χ1) is 10.1. The predicted molar refractivity (Wildman–Crippen MR) is 79.5 cm³/mol. The molecule has 1 aliphatic heterocycles. The molecule has 7 heteroatoms. The third-order valence-electron chi connectivity index (χ3n) is 3.98. The minimum absolute atomic E-state index is 0.0433. The van der Waals surface area contributed by atoms with Crippen molar-refractivity contribution in [3.8, 4) is 5.88 Å². The van der Waals surface area contributed by atoms with E-state index in [0.717, 1.165) is 44.5 Å². The van der Waals surface area contributed by atoms with Crippen molar-refractivity contribution in [2.45, 2.75) is 37.1 Å². The minimum Gasteiger partial charge on any atom is -0.481 e. The van der Waals surface area contributed by atoms with Crippen LogP contribution < -0.4 is 9.46 Å². The number of pyridine rings is 1. The van der Waals surface area contributed by atoms with Gasteiger partial charge in [0.15, 0.2) is 0 Å². The summed E-state index contributed by atoms with van der Waals surface area (Å²) in [6.45, 7) is 2.46. The Morgan fingerprint density at radius 2 is 2.19 bits per heavy atom. The van der Waals surface area contributed by atoms with Gasteiger partial charge in [-0.05, 0) is 24.8 Å². The van der Waals surface area contributed by atoms with E-state index in [1.807, 2.05) is 12.1 Å². The van der Waals surface area contributed by atoms with E-state index in [2.05, 4.69) is 14.6 Å². The van der Waals surface area contributed by atoms with Crippen molar-refractivity contribution in [3.63, 3.8) is 0 Å². The summed E-state index contributed by atoms with van der Waals surface area (Å²) in [5.74, 6) is 0.607. The van der Waals surface area contributed by atoms with Gasteiger partial charge in [0.2, 0.25) is 15.9 Å². The summed E-state index contributed by atoms with van der Waals surface area (Å²) in [7, 11) is -1.49. The number of nitrogens with one attached hydrogen (secondary N) is 1. The maximum Gasteiger partial charge on any atom is 0.214 e. The van der Waals surface area contributed by atoms with Crippen molar-refractivity contribution in [1.82, 2.24) is 14.6 Å². The summed E-state index contributed by atoms with van der Waals surface area (Å²) in [5, 5.41) is -0.141. The molecular formula is C14H21N3O3S. The lowest BCUT2D eigenvalue weighted by atomic mass is 10.2. The molecule has 0 unspecified atom stereocenters. The maximum atomic E-state index is 11.9. The molecule has 0 bridgehead atoms. The Morgan fingerprint density at radius 3 is 2.81 bits per heavy atom. The van der Waals surface area contributed by atoms with Crippen molar-refractivity contribution < 1.29 is 13.2 Å². The highest BCUT2D eigenvalue weighted by molar-refractivity contribution is 7.90. The maximum absolute atomic E-state index is 11.9. The van der Waals surface area contributed by atoms with Crippen LogP contribution in [0.15, 0.2) is 18.3 Å². The van der Waals surface area contributed by atoms with Gasteiger partial charge in [0.05, 0.1) is 12.4 Å². The van der Waals surface area contributed by atoms with Crippen LogP contribution in [0.4, 0.5) is 0 Å². The summed E-state index contributed by atoms with van der Waals surface area (Å²) in [6, 6.07) is 3.88. The number of rotatable bonds is 6. The van der Waals surface area contributed by atoms with Crippen LogP contribution >= 0.6 is 0 Å². The van der Waals surface area contributed by atoms with Crippen LogP contribution in [0, 0.1) is 0 Å². The quantitative estimate of drug-likeness (QED) is 0.839. The molecule has 0 radical (unpaired) electrons.